The molecular weight excluding hydrogens is 500 g/mol. The number of anilines is 3. The fraction of sp³-hybridized carbons (Fsp3) is 0. The van der Waals surface area contributed by atoms with Crippen LogP contribution in [-0.4, -0.2) is 15.0 Å². The van der Waals surface area contributed by atoms with E-state index in [1.165, 1.54) is 5.39 Å². The molecule has 4 nitrogen and oxygen atoms in total. The minimum Gasteiger partial charge on any atom is -0.309 e. The second-order valence-electron chi connectivity index (χ2n) is 10.1. The van der Waals surface area contributed by atoms with Gasteiger partial charge in [-0.1, -0.05) is 72.8 Å². The Hall–Kier alpha value is -5.61. The zero-order valence-electron chi connectivity index (χ0n) is 22.1. The highest BCUT2D eigenvalue weighted by atomic mass is 15.2. The van der Waals surface area contributed by atoms with Crippen LogP contribution in [0.4, 0.5) is 17.1 Å². The summed E-state index contributed by atoms with van der Waals surface area (Å²) in [5.74, 6) is 0. The van der Waals surface area contributed by atoms with Crippen molar-refractivity contribution in [2.75, 3.05) is 4.90 Å². The van der Waals surface area contributed by atoms with Crippen molar-refractivity contribution in [3.05, 3.63) is 146 Å². The Morgan fingerprint density at radius 1 is 0.439 bits per heavy atom. The average Bonchev–Trinajstić information content (AvgIpc) is 3.17. The van der Waals surface area contributed by atoms with Crippen molar-refractivity contribution in [1.82, 2.24) is 15.0 Å². The molecule has 4 heteroatoms. The minimum absolute atomic E-state index is 0.941. The summed E-state index contributed by atoms with van der Waals surface area (Å²) in [4.78, 5) is 16.7. The largest absolute Gasteiger partial charge is 0.309 e. The van der Waals surface area contributed by atoms with Crippen LogP contribution in [0.2, 0.25) is 0 Å². The van der Waals surface area contributed by atoms with E-state index in [-0.39, 0.29) is 0 Å². The van der Waals surface area contributed by atoms with E-state index in [1.54, 1.807) is 0 Å². The first-order valence-electron chi connectivity index (χ1n) is 13.7. The molecule has 0 saturated carbocycles. The van der Waals surface area contributed by atoms with E-state index in [0.29, 0.717) is 0 Å². The van der Waals surface area contributed by atoms with Crippen LogP contribution < -0.4 is 4.90 Å². The number of pyridine rings is 3. The summed E-state index contributed by atoms with van der Waals surface area (Å²) < 4.78 is 0. The van der Waals surface area contributed by atoms with Gasteiger partial charge in [0.05, 0.1) is 28.5 Å². The van der Waals surface area contributed by atoms with E-state index >= 15 is 0 Å². The highest BCUT2D eigenvalue weighted by molar-refractivity contribution is 6.03. The Morgan fingerprint density at radius 3 is 2.22 bits per heavy atom. The summed E-state index contributed by atoms with van der Waals surface area (Å²) in [5.41, 5.74) is 11.5. The summed E-state index contributed by atoms with van der Waals surface area (Å²) in [6.45, 7) is 0. The SMILES string of the molecule is c1ccc(-c2cccc(N3c4ccccc4-c4cccnc4-c4ccc(-c5nccc6ccccc56)cc43)c2)nc1. The van der Waals surface area contributed by atoms with Gasteiger partial charge in [-0.3, -0.25) is 15.0 Å². The first-order valence-corrected chi connectivity index (χ1v) is 13.7. The van der Waals surface area contributed by atoms with Crippen LogP contribution >= 0.6 is 0 Å². The van der Waals surface area contributed by atoms with Crippen molar-refractivity contribution >= 4 is 27.8 Å². The molecule has 1 aliphatic rings. The zero-order chi connectivity index (χ0) is 27.2. The Balaban J connectivity index is 1.42. The quantitative estimate of drug-likeness (QED) is 0.231. The van der Waals surface area contributed by atoms with E-state index < -0.39 is 0 Å². The van der Waals surface area contributed by atoms with Gasteiger partial charge in [-0.05, 0) is 60.0 Å². The molecule has 4 heterocycles. The van der Waals surface area contributed by atoms with E-state index in [2.05, 4.69) is 113 Å². The number of rotatable bonds is 3. The molecular formula is C37H24N4. The third kappa shape index (κ3) is 3.88. The van der Waals surface area contributed by atoms with Gasteiger partial charge in [0.2, 0.25) is 0 Å². The highest BCUT2D eigenvalue weighted by Gasteiger charge is 2.27. The Bertz CT molecular complexity index is 2060. The van der Waals surface area contributed by atoms with E-state index in [0.717, 1.165) is 67.3 Å². The molecule has 0 spiro atoms. The van der Waals surface area contributed by atoms with Gasteiger partial charge in [-0.15, -0.1) is 0 Å². The van der Waals surface area contributed by atoms with Gasteiger partial charge in [-0.25, -0.2) is 0 Å². The third-order valence-electron chi connectivity index (χ3n) is 7.75. The zero-order valence-corrected chi connectivity index (χ0v) is 22.1. The molecule has 0 atom stereocenters. The van der Waals surface area contributed by atoms with Crippen LogP contribution in [0.3, 0.4) is 0 Å². The molecule has 3 aromatic heterocycles. The normalized spacial score (nSPS) is 11.9. The van der Waals surface area contributed by atoms with E-state index in [4.69, 9.17) is 9.97 Å². The molecule has 0 bridgehead atoms. The summed E-state index contributed by atoms with van der Waals surface area (Å²) in [6, 6.07) is 44.5. The van der Waals surface area contributed by atoms with Crippen LogP contribution in [0.15, 0.2) is 146 Å². The van der Waals surface area contributed by atoms with Gasteiger partial charge >= 0.3 is 0 Å². The first-order chi connectivity index (χ1) is 20.3. The smallest absolute Gasteiger partial charge is 0.0802 e. The molecule has 0 fully saturated rings. The number of para-hydroxylation sites is 1. The standard InChI is InChI=1S/C37H24N4/c1-2-12-29-25(9-1)19-22-40-36(29)27-17-18-32-35(24-27)41(28-11-7-10-26(23-28)33-15-5-6-20-38-33)34-16-4-3-13-30(34)31-14-8-21-39-37(31)32/h1-24H. The number of hydrogen-bond donors (Lipinski definition) is 0. The van der Waals surface area contributed by atoms with Crippen molar-refractivity contribution in [2.24, 2.45) is 0 Å². The van der Waals surface area contributed by atoms with Crippen LogP contribution in [0.1, 0.15) is 0 Å². The van der Waals surface area contributed by atoms with Crippen molar-refractivity contribution in [3.63, 3.8) is 0 Å². The lowest BCUT2D eigenvalue weighted by molar-refractivity contribution is 1.27. The third-order valence-corrected chi connectivity index (χ3v) is 7.75. The maximum Gasteiger partial charge on any atom is 0.0802 e. The lowest BCUT2D eigenvalue weighted by Crippen LogP contribution is -2.11. The molecule has 0 aliphatic carbocycles. The number of hydrogen-bond acceptors (Lipinski definition) is 4. The fourth-order valence-electron chi connectivity index (χ4n) is 5.89. The number of benzene rings is 4. The molecule has 7 aromatic rings. The second-order valence-corrected chi connectivity index (χ2v) is 10.1. The minimum atomic E-state index is 0.941. The lowest BCUT2D eigenvalue weighted by Gasteiger charge is -2.28. The van der Waals surface area contributed by atoms with Crippen LogP contribution in [0, 0.1) is 0 Å². The van der Waals surface area contributed by atoms with Crippen molar-refractivity contribution in [3.8, 4) is 44.9 Å². The Morgan fingerprint density at radius 2 is 1.27 bits per heavy atom. The number of fused-ring (bicyclic) bond motifs is 6. The maximum atomic E-state index is 4.91. The molecule has 41 heavy (non-hydrogen) atoms. The van der Waals surface area contributed by atoms with Gasteiger partial charge in [0.25, 0.3) is 0 Å². The fourth-order valence-corrected chi connectivity index (χ4v) is 5.89. The molecule has 0 unspecified atom stereocenters. The summed E-state index contributed by atoms with van der Waals surface area (Å²) in [6.07, 6.45) is 5.61. The number of nitrogens with zero attached hydrogens (tertiary/aromatic N) is 4. The maximum absolute atomic E-state index is 4.91. The van der Waals surface area contributed by atoms with Gasteiger partial charge in [0, 0.05) is 57.5 Å². The first kappa shape index (κ1) is 23.3. The van der Waals surface area contributed by atoms with Gasteiger partial charge in [0.1, 0.15) is 0 Å². The van der Waals surface area contributed by atoms with Crippen LogP contribution in [0.25, 0.3) is 55.7 Å². The molecule has 8 rings (SSSR count). The average molecular weight is 525 g/mol. The summed E-state index contributed by atoms with van der Waals surface area (Å²) >= 11 is 0. The Labute approximate surface area is 238 Å². The van der Waals surface area contributed by atoms with Crippen LogP contribution in [-0.2, 0) is 0 Å². The molecule has 0 amide bonds. The monoisotopic (exact) mass is 524 g/mol. The van der Waals surface area contributed by atoms with Crippen LogP contribution in [0.5, 0.6) is 0 Å². The summed E-state index contributed by atoms with van der Waals surface area (Å²) in [5, 5.41) is 2.30. The number of aromatic nitrogens is 3. The molecule has 0 saturated heterocycles. The van der Waals surface area contributed by atoms with Crippen molar-refractivity contribution in [1.29, 1.82) is 0 Å². The molecule has 0 N–H and O–H groups in total. The topological polar surface area (TPSA) is 41.9 Å². The van der Waals surface area contributed by atoms with Crippen molar-refractivity contribution < 1.29 is 0 Å². The molecule has 192 valence electrons. The van der Waals surface area contributed by atoms with Gasteiger partial charge < -0.3 is 4.90 Å². The summed E-state index contributed by atoms with van der Waals surface area (Å²) in [7, 11) is 0. The molecule has 0 radical (unpaired) electrons. The van der Waals surface area contributed by atoms with Gasteiger partial charge in [0.15, 0.2) is 0 Å². The highest BCUT2D eigenvalue weighted by Crippen LogP contribution is 2.51. The van der Waals surface area contributed by atoms with E-state index in [1.807, 2.05) is 42.9 Å². The molecule has 1 aliphatic heterocycles. The predicted octanol–water partition coefficient (Wildman–Crippen LogP) is 9.48. The lowest BCUT2D eigenvalue weighted by atomic mass is 9.97. The van der Waals surface area contributed by atoms with E-state index in [9.17, 15) is 0 Å². The molecule has 4 aromatic carbocycles. The Kier molecular flexibility index (Phi) is 5.42. The van der Waals surface area contributed by atoms with Crippen molar-refractivity contribution in [2.45, 2.75) is 0 Å². The van der Waals surface area contributed by atoms with Gasteiger partial charge in [-0.2, -0.15) is 0 Å². The predicted molar refractivity (Wildman–Crippen MR) is 167 cm³/mol. The second kappa shape index (κ2) is 9.54.